The number of imidazole rings is 1. The highest BCUT2D eigenvalue weighted by atomic mass is 16.5. The molecule has 2 aromatic carbocycles. The summed E-state index contributed by atoms with van der Waals surface area (Å²) in [5, 5.41) is 0. The fourth-order valence-corrected chi connectivity index (χ4v) is 5.32. The molecular weight excluding hydrogens is 360 g/mol. The molecule has 152 valence electrons. The SMILES string of the molecule is Cc1nc2ccccc2n1C1C[C@H]2COC[C@H](C1)N2CCC(N)c1ccccc1. The molecule has 1 aromatic heterocycles. The average molecular weight is 391 g/mol. The first-order valence-corrected chi connectivity index (χ1v) is 10.8. The van der Waals surface area contributed by atoms with Crippen LogP contribution in [0.15, 0.2) is 54.6 Å². The highest BCUT2D eigenvalue weighted by molar-refractivity contribution is 5.76. The minimum atomic E-state index is 0.0930. The van der Waals surface area contributed by atoms with Crippen LogP contribution in [0.1, 0.15) is 42.7 Å². The van der Waals surface area contributed by atoms with E-state index in [0.717, 1.165) is 50.4 Å². The molecule has 2 bridgehead atoms. The Kier molecular flexibility index (Phi) is 5.12. The van der Waals surface area contributed by atoms with Crippen LogP contribution in [-0.4, -0.2) is 46.3 Å². The van der Waals surface area contributed by atoms with Crippen molar-refractivity contribution < 1.29 is 4.74 Å². The van der Waals surface area contributed by atoms with E-state index in [0.29, 0.717) is 18.1 Å². The van der Waals surface area contributed by atoms with Gasteiger partial charge >= 0.3 is 0 Å². The van der Waals surface area contributed by atoms with E-state index in [4.69, 9.17) is 15.5 Å². The average Bonchev–Trinajstić information content (AvgIpc) is 3.07. The molecule has 1 unspecified atom stereocenters. The number of morpholine rings is 1. The number of aromatic nitrogens is 2. The van der Waals surface area contributed by atoms with Crippen molar-refractivity contribution in [3.05, 3.63) is 66.0 Å². The van der Waals surface area contributed by atoms with E-state index in [1.54, 1.807) is 0 Å². The van der Waals surface area contributed by atoms with Crippen molar-refractivity contribution in [1.29, 1.82) is 0 Å². The van der Waals surface area contributed by atoms with Gasteiger partial charge in [0.05, 0.1) is 24.2 Å². The van der Waals surface area contributed by atoms with Gasteiger partial charge in [-0.15, -0.1) is 0 Å². The topological polar surface area (TPSA) is 56.3 Å². The highest BCUT2D eigenvalue weighted by Gasteiger charge is 2.40. The lowest BCUT2D eigenvalue weighted by Gasteiger charge is -2.49. The number of hydrogen-bond donors (Lipinski definition) is 1. The van der Waals surface area contributed by atoms with E-state index < -0.39 is 0 Å². The molecule has 2 saturated heterocycles. The third kappa shape index (κ3) is 3.59. The summed E-state index contributed by atoms with van der Waals surface area (Å²) >= 11 is 0. The Morgan fingerprint density at radius 3 is 2.45 bits per heavy atom. The lowest BCUT2D eigenvalue weighted by molar-refractivity contribution is -0.0857. The van der Waals surface area contributed by atoms with Crippen LogP contribution in [0.4, 0.5) is 0 Å². The van der Waals surface area contributed by atoms with E-state index in [1.807, 2.05) is 6.07 Å². The summed E-state index contributed by atoms with van der Waals surface area (Å²) in [4.78, 5) is 7.46. The molecule has 3 heterocycles. The minimum absolute atomic E-state index is 0.0930. The Morgan fingerprint density at radius 2 is 1.69 bits per heavy atom. The first kappa shape index (κ1) is 18.8. The monoisotopic (exact) mass is 390 g/mol. The number of piperidine rings is 1. The molecule has 0 spiro atoms. The van der Waals surface area contributed by atoms with Crippen molar-refractivity contribution >= 4 is 11.0 Å². The highest BCUT2D eigenvalue weighted by Crippen LogP contribution is 2.37. The number of aryl methyl sites for hydroxylation is 1. The van der Waals surface area contributed by atoms with E-state index in [-0.39, 0.29) is 6.04 Å². The van der Waals surface area contributed by atoms with Gasteiger partial charge in [-0.1, -0.05) is 42.5 Å². The molecule has 0 amide bonds. The summed E-state index contributed by atoms with van der Waals surface area (Å²) < 4.78 is 8.41. The van der Waals surface area contributed by atoms with Crippen molar-refractivity contribution in [3.8, 4) is 0 Å². The van der Waals surface area contributed by atoms with Crippen molar-refractivity contribution in [2.24, 2.45) is 5.73 Å². The van der Waals surface area contributed by atoms with Crippen LogP contribution in [0.25, 0.3) is 11.0 Å². The third-order valence-electron chi connectivity index (χ3n) is 6.71. The van der Waals surface area contributed by atoms with Crippen LogP contribution < -0.4 is 5.73 Å². The van der Waals surface area contributed by atoms with Gasteiger partial charge < -0.3 is 15.0 Å². The number of fused-ring (bicyclic) bond motifs is 3. The van der Waals surface area contributed by atoms with Crippen molar-refractivity contribution in [3.63, 3.8) is 0 Å². The van der Waals surface area contributed by atoms with Crippen LogP contribution in [0.2, 0.25) is 0 Å². The molecule has 0 saturated carbocycles. The zero-order valence-electron chi connectivity index (χ0n) is 17.1. The van der Waals surface area contributed by atoms with Gasteiger partial charge in [-0.2, -0.15) is 0 Å². The van der Waals surface area contributed by atoms with Gasteiger partial charge in [-0.3, -0.25) is 4.90 Å². The van der Waals surface area contributed by atoms with Gasteiger partial charge in [-0.05, 0) is 43.9 Å². The second-order valence-corrected chi connectivity index (χ2v) is 8.53. The molecule has 5 rings (SSSR count). The summed E-state index contributed by atoms with van der Waals surface area (Å²) in [5.74, 6) is 1.12. The number of para-hydroxylation sites is 2. The van der Waals surface area contributed by atoms with Crippen LogP contribution >= 0.6 is 0 Å². The van der Waals surface area contributed by atoms with Gasteiger partial charge in [-0.25, -0.2) is 4.98 Å². The van der Waals surface area contributed by atoms with Crippen LogP contribution in [0.5, 0.6) is 0 Å². The molecule has 0 radical (unpaired) electrons. The molecule has 29 heavy (non-hydrogen) atoms. The molecule has 5 heteroatoms. The second kappa shape index (κ2) is 7.90. The van der Waals surface area contributed by atoms with E-state index in [2.05, 4.69) is 64.9 Å². The Hall–Kier alpha value is -2.21. The largest absolute Gasteiger partial charge is 0.378 e. The Morgan fingerprint density at radius 1 is 1.00 bits per heavy atom. The lowest BCUT2D eigenvalue weighted by Crippen LogP contribution is -2.57. The van der Waals surface area contributed by atoms with Gasteiger partial charge in [0.1, 0.15) is 5.82 Å². The number of hydrogen-bond acceptors (Lipinski definition) is 4. The summed E-state index contributed by atoms with van der Waals surface area (Å²) in [6, 6.07) is 20.4. The van der Waals surface area contributed by atoms with Crippen LogP contribution in [0.3, 0.4) is 0 Å². The standard InChI is InChI=1S/C24H30N4O/c1-17-26-23-9-5-6-10-24(23)28(17)19-13-20-15-29-16-21(14-19)27(20)12-11-22(25)18-7-3-2-4-8-18/h2-10,19-22H,11-16,25H2,1H3/t20-,21-,22?/m0/s1. The quantitative estimate of drug-likeness (QED) is 0.719. The van der Waals surface area contributed by atoms with Gasteiger partial charge in [0, 0.05) is 30.7 Å². The number of nitrogens with zero attached hydrogens (tertiary/aromatic N) is 3. The van der Waals surface area contributed by atoms with Crippen molar-refractivity contribution in [1.82, 2.24) is 14.5 Å². The van der Waals surface area contributed by atoms with E-state index in [1.165, 1.54) is 11.1 Å². The molecule has 3 atom stereocenters. The number of nitrogens with two attached hydrogens (primary N) is 1. The predicted molar refractivity (Wildman–Crippen MR) is 116 cm³/mol. The maximum atomic E-state index is 6.48. The summed E-state index contributed by atoms with van der Waals surface area (Å²) in [5.41, 5.74) is 10.1. The summed E-state index contributed by atoms with van der Waals surface area (Å²) in [6.07, 6.45) is 3.20. The van der Waals surface area contributed by atoms with E-state index in [9.17, 15) is 0 Å². The molecular formula is C24H30N4O. The van der Waals surface area contributed by atoms with E-state index >= 15 is 0 Å². The summed E-state index contributed by atoms with van der Waals surface area (Å²) in [6.45, 7) is 4.81. The minimum Gasteiger partial charge on any atom is -0.378 e. The zero-order chi connectivity index (χ0) is 19.8. The Bertz CT molecular complexity index is 955. The van der Waals surface area contributed by atoms with Gasteiger partial charge in [0.25, 0.3) is 0 Å². The molecule has 2 aliphatic heterocycles. The zero-order valence-corrected chi connectivity index (χ0v) is 17.1. The Balaban J connectivity index is 1.32. The van der Waals surface area contributed by atoms with Gasteiger partial charge in [0.2, 0.25) is 0 Å². The smallest absolute Gasteiger partial charge is 0.106 e. The maximum absolute atomic E-state index is 6.48. The van der Waals surface area contributed by atoms with Gasteiger partial charge in [0.15, 0.2) is 0 Å². The number of ether oxygens (including phenoxy) is 1. The summed E-state index contributed by atoms with van der Waals surface area (Å²) in [7, 11) is 0. The molecule has 2 fully saturated rings. The third-order valence-corrected chi connectivity index (χ3v) is 6.71. The fourth-order valence-electron chi connectivity index (χ4n) is 5.32. The first-order valence-electron chi connectivity index (χ1n) is 10.8. The van der Waals surface area contributed by atoms with Crippen molar-refractivity contribution in [2.75, 3.05) is 19.8 Å². The fraction of sp³-hybridized carbons (Fsp3) is 0.458. The lowest BCUT2D eigenvalue weighted by atomic mass is 9.89. The normalized spacial score (nSPS) is 25.9. The van der Waals surface area contributed by atoms with Crippen LogP contribution in [0, 0.1) is 6.92 Å². The maximum Gasteiger partial charge on any atom is 0.106 e. The molecule has 3 aromatic rings. The second-order valence-electron chi connectivity index (χ2n) is 8.53. The number of benzene rings is 2. The predicted octanol–water partition coefficient (Wildman–Crippen LogP) is 3.84. The molecule has 2 N–H and O–H groups in total. The Labute approximate surface area is 172 Å². The first-order chi connectivity index (χ1) is 14.2. The molecule has 2 aliphatic rings. The molecule has 0 aliphatic carbocycles. The molecule has 5 nitrogen and oxygen atoms in total. The number of rotatable bonds is 5. The van der Waals surface area contributed by atoms with Crippen molar-refractivity contribution in [2.45, 2.75) is 50.4 Å². The van der Waals surface area contributed by atoms with Crippen LogP contribution in [-0.2, 0) is 4.74 Å².